The van der Waals surface area contributed by atoms with E-state index in [0.29, 0.717) is 0 Å². The summed E-state index contributed by atoms with van der Waals surface area (Å²) in [6.45, 7) is 0. The summed E-state index contributed by atoms with van der Waals surface area (Å²) in [6.07, 6.45) is 3.67. The average molecular weight is 268 g/mol. The Balaban J connectivity index is 1.91. The number of halogens is 1. The number of hydrogen-bond donors (Lipinski definition) is 0. The van der Waals surface area contributed by atoms with Gasteiger partial charge in [-0.1, -0.05) is 12.1 Å². The van der Waals surface area contributed by atoms with Crippen molar-refractivity contribution in [3.63, 3.8) is 0 Å². The summed E-state index contributed by atoms with van der Waals surface area (Å²) < 4.78 is 19.8. The molecular weight excluding hydrogens is 255 g/mol. The third kappa shape index (κ3) is 2.40. The maximum absolute atomic E-state index is 12.9. The minimum absolute atomic E-state index is 0.240. The van der Waals surface area contributed by atoms with Gasteiger partial charge in [0.1, 0.15) is 11.6 Å². The Bertz CT molecular complexity index is 702. The van der Waals surface area contributed by atoms with Crippen LogP contribution in [0, 0.1) is 5.82 Å². The minimum atomic E-state index is -0.240. The first-order chi connectivity index (χ1) is 9.76. The summed E-state index contributed by atoms with van der Waals surface area (Å²) in [5.41, 5.74) is 2.83. The molecular formula is C16H13FN2O. The number of methoxy groups -OCH3 is 1. The fraction of sp³-hybridized carbons (Fsp3) is 0.0625. The van der Waals surface area contributed by atoms with Crippen LogP contribution in [0.5, 0.6) is 5.75 Å². The molecule has 0 N–H and O–H groups in total. The van der Waals surface area contributed by atoms with E-state index in [1.54, 1.807) is 30.1 Å². The second-order valence-electron chi connectivity index (χ2n) is 4.38. The molecule has 0 fully saturated rings. The first kappa shape index (κ1) is 12.4. The van der Waals surface area contributed by atoms with Gasteiger partial charge in [-0.2, -0.15) is 5.10 Å². The molecule has 2 aromatic carbocycles. The lowest BCUT2D eigenvalue weighted by Gasteiger charge is -2.03. The molecule has 0 saturated carbocycles. The van der Waals surface area contributed by atoms with Crippen molar-refractivity contribution in [3.8, 4) is 22.6 Å². The zero-order valence-electron chi connectivity index (χ0n) is 11.0. The van der Waals surface area contributed by atoms with Gasteiger partial charge in [-0.05, 0) is 42.0 Å². The van der Waals surface area contributed by atoms with Gasteiger partial charge in [0.2, 0.25) is 0 Å². The SMILES string of the molecule is COc1ccc(-n2cc(-c3ccc(F)cc3)cn2)cc1. The molecule has 3 nitrogen and oxygen atoms in total. The van der Waals surface area contributed by atoms with E-state index < -0.39 is 0 Å². The van der Waals surface area contributed by atoms with Gasteiger partial charge in [-0.3, -0.25) is 0 Å². The number of rotatable bonds is 3. The number of ether oxygens (including phenoxy) is 1. The zero-order chi connectivity index (χ0) is 13.9. The van der Waals surface area contributed by atoms with Crippen LogP contribution in [0.2, 0.25) is 0 Å². The summed E-state index contributed by atoms with van der Waals surface area (Å²) in [6, 6.07) is 14.0. The first-order valence-corrected chi connectivity index (χ1v) is 6.21. The van der Waals surface area contributed by atoms with Crippen molar-refractivity contribution in [2.75, 3.05) is 7.11 Å². The fourth-order valence-corrected chi connectivity index (χ4v) is 1.99. The summed E-state index contributed by atoms with van der Waals surface area (Å²) >= 11 is 0. The second-order valence-corrected chi connectivity index (χ2v) is 4.38. The topological polar surface area (TPSA) is 27.1 Å². The lowest BCUT2D eigenvalue weighted by atomic mass is 10.1. The Hall–Kier alpha value is -2.62. The molecule has 0 saturated heterocycles. The van der Waals surface area contributed by atoms with Crippen molar-refractivity contribution in [1.82, 2.24) is 9.78 Å². The van der Waals surface area contributed by atoms with Gasteiger partial charge in [0.15, 0.2) is 0 Å². The molecule has 3 aromatic rings. The smallest absolute Gasteiger partial charge is 0.123 e. The zero-order valence-corrected chi connectivity index (χ0v) is 11.0. The molecule has 1 heterocycles. The van der Waals surface area contributed by atoms with Crippen molar-refractivity contribution >= 4 is 0 Å². The van der Waals surface area contributed by atoms with Gasteiger partial charge in [-0.15, -0.1) is 0 Å². The van der Waals surface area contributed by atoms with Crippen LogP contribution in [-0.4, -0.2) is 16.9 Å². The quantitative estimate of drug-likeness (QED) is 0.724. The van der Waals surface area contributed by atoms with E-state index in [1.807, 2.05) is 30.5 Å². The van der Waals surface area contributed by atoms with Crippen LogP contribution in [0.3, 0.4) is 0 Å². The Morgan fingerprint density at radius 1 is 0.950 bits per heavy atom. The summed E-state index contributed by atoms with van der Waals surface area (Å²) in [5.74, 6) is 0.566. The molecule has 0 radical (unpaired) electrons. The third-order valence-electron chi connectivity index (χ3n) is 3.10. The molecule has 3 rings (SSSR count). The molecule has 0 unspecified atom stereocenters. The molecule has 20 heavy (non-hydrogen) atoms. The highest BCUT2D eigenvalue weighted by Crippen LogP contribution is 2.21. The summed E-state index contributed by atoms with van der Waals surface area (Å²) in [4.78, 5) is 0. The highest BCUT2D eigenvalue weighted by Gasteiger charge is 2.04. The van der Waals surface area contributed by atoms with Crippen LogP contribution in [0.25, 0.3) is 16.8 Å². The number of hydrogen-bond acceptors (Lipinski definition) is 2. The molecule has 0 amide bonds. The Labute approximate surface area is 116 Å². The van der Waals surface area contributed by atoms with E-state index in [-0.39, 0.29) is 5.82 Å². The van der Waals surface area contributed by atoms with E-state index in [0.717, 1.165) is 22.6 Å². The number of aromatic nitrogens is 2. The Kier molecular flexibility index (Phi) is 3.21. The van der Waals surface area contributed by atoms with Crippen LogP contribution >= 0.6 is 0 Å². The standard InChI is InChI=1S/C16H13FN2O/c1-20-16-8-6-15(7-9-16)19-11-13(10-18-19)12-2-4-14(17)5-3-12/h2-11H,1H3. The monoisotopic (exact) mass is 268 g/mol. The normalized spacial score (nSPS) is 10.5. The van der Waals surface area contributed by atoms with E-state index in [1.165, 1.54) is 12.1 Å². The minimum Gasteiger partial charge on any atom is -0.497 e. The average Bonchev–Trinajstić information content (AvgIpc) is 2.98. The predicted molar refractivity (Wildman–Crippen MR) is 75.5 cm³/mol. The molecule has 0 spiro atoms. The van der Waals surface area contributed by atoms with E-state index >= 15 is 0 Å². The van der Waals surface area contributed by atoms with Crippen LogP contribution in [-0.2, 0) is 0 Å². The van der Waals surface area contributed by atoms with Gasteiger partial charge in [-0.25, -0.2) is 9.07 Å². The maximum Gasteiger partial charge on any atom is 0.123 e. The molecule has 0 bridgehead atoms. The molecule has 100 valence electrons. The number of benzene rings is 2. The van der Waals surface area contributed by atoms with Crippen molar-refractivity contribution in [2.24, 2.45) is 0 Å². The van der Waals surface area contributed by atoms with Crippen LogP contribution in [0.15, 0.2) is 60.9 Å². The van der Waals surface area contributed by atoms with E-state index in [2.05, 4.69) is 5.10 Å². The Morgan fingerprint density at radius 2 is 1.65 bits per heavy atom. The maximum atomic E-state index is 12.9. The lowest BCUT2D eigenvalue weighted by molar-refractivity contribution is 0.414. The molecule has 1 aromatic heterocycles. The number of nitrogens with zero attached hydrogens (tertiary/aromatic N) is 2. The van der Waals surface area contributed by atoms with Gasteiger partial charge in [0, 0.05) is 11.8 Å². The fourth-order valence-electron chi connectivity index (χ4n) is 1.99. The van der Waals surface area contributed by atoms with Crippen LogP contribution in [0.4, 0.5) is 4.39 Å². The second kappa shape index (κ2) is 5.17. The third-order valence-corrected chi connectivity index (χ3v) is 3.10. The van der Waals surface area contributed by atoms with Gasteiger partial charge in [0.05, 0.1) is 19.0 Å². The van der Waals surface area contributed by atoms with Crippen molar-refractivity contribution in [2.45, 2.75) is 0 Å². The van der Waals surface area contributed by atoms with Gasteiger partial charge < -0.3 is 4.74 Å². The molecule has 0 atom stereocenters. The van der Waals surface area contributed by atoms with E-state index in [4.69, 9.17) is 4.74 Å². The Morgan fingerprint density at radius 3 is 2.30 bits per heavy atom. The molecule has 0 aliphatic heterocycles. The van der Waals surface area contributed by atoms with Crippen molar-refractivity contribution in [1.29, 1.82) is 0 Å². The van der Waals surface area contributed by atoms with E-state index in [9.17, 15) is 4.39 Å². The lowest BCUT2D eigenvalue weighted by Crippen LogP contribution is -1.93. The van der Waals surface area contributed by atoms with Crippen LogP contribution < -0.4 is 4.74 Å². The highest BCUT2D eigenvalue weighted by molar-refractivity contribution is 5.62. The van der Waals surface area contributed by atoms with Crippen molar-refractivity contribution in [3.05, 3.63) is 66.7 Å². The summed E-state index contributed by atoms with van der Waals surface area (Å²) in [5, 5.41) is 4.32. The first-order valence-electron chi connectivity index (χ1n) is 6.21. The van der Waals surface area contributed by atoms with Crippen LogP contribution in [0.1, 0.15) is 0 Å². The molecule has 4 heteroatoms. The summed E-state index contributed by atoms with van der Waals surface area (Å²) in [7, 11) is 1.63. The van der Waals surface area contributed by atoms with Gasteiger partial charge in [0.25, 0.3) is 0 Å². The van der Waals surface area contributed by atoms with Crippen molar-refractivity contribution < 1.29 is 9.13 Å². The van der Waals surface area contributed by atoms with Gasteiger partial charge >= 0.3 is 0 Å². The largest absolute Gasteiger partial charge is 0.497 e. The predicted octanol–water partition coefficient (Wildman–Crippen LogP) is 3.69. The molecule has 0 aliphatic carbocycles. The highest BCUT2D eigenvalue weighted by atomic mass is 19.1. The molecule has 0 aliphatic rings.